The Balaban J connectivity index is 1.75. The zero-order valence-corrected chi connectivity index (χ0v) is 25.7. The fourth-order valence-electron chi connectivity index (χ4n) is 4.39. The highest BCUT2D eigenvalue weighted by atomic mass is 19.1. The van der Waals surface area contributed by atoms with E-state index in [1.165, 1.54) is 41.4 Å². The molecule has 230 valence electrons. The van der Waals surface area contributed by atoms with Crippen molar-refractivity contribution in [3.05, 3.63) is 95.8 Å². The normalized spacial score (nSPS) is 13.6. The lowest BCUT2D eigenvalue weighted by atomic mass is 9.89. The Kier molecular flexibility index (Phi) is 11.4. The van der Waals surface area contributed by atoms with E-state index < -0.39 is 29.3 Å². The van der Waals surface area contributed by atoms with Crippen LogP contribution in [0.15, 0.2) is 78.9 Å². The number of amides is 2. The Hall–Kier alpha value is -4.31. The summed E-state index contributed by atoms with van der Waals surface area (Å²) in [6.45, 7) is 11.9. The van der Waals surface area contributed by atoms with Crippen molar-refractivity contribution in [3.8, 4) is 0 Å². The first-order valence-corrected chi connectivity index (χ1v) is 14.2. The topological polar surface area (TPSA) is 114 Å². The molecule has 2 atom stereocenters. The maximum absolute atomic E-state index is 13.5. The fourth-order valence-corrected chi connectivity index (χ4v) is 4.39. The number of ether oxygens (including phenoxy) is 1. The van der Waals surface area contributed by atoms with Crippen LogP contribution in [0.25, 0.3) is 0 Å². The van der Waals surface area contributed by atoms with Gasteiger partial charge in [-0.15, -0.1) is 0 Å². The first-order valence-electron chi connectivity index (χ1n) is 14.2. The van der Waals surface area contributed by atoms with Crippen LogP contribution in [-0.2, 0) is 25.7 Å². The number of nitrogens with zero attached hydrogens (tertiary/aromatic N) is 2. The Morgan fingerprint density at radius 2 is 1.72 bits per heavy atom. The van der Waals surface area contributed by atoms with Crippen molar-refractivity contribution >= 4 is 23.9 Å². The summed E-state index contributed by atoms with van der Waals surface area (Å²) in [5.41, 5.74) is 1.39. The van der Waals surface area contributed by atoms with Gasteiger partial charge in [0.2, 0.25) is 5.91 Å². The number of rotatable bonds is 14. The van der Waals surface area contributed by atoms with Crippen LogP contribution in [0.3, 0.4) is 0 Å². The number of hydrogen-bond acceptors (Lipinski definition) is 6. The molecule has 2 amide bonds. The summed E-state index contributed by atoms with van der Waals surface area (Å²) in [6, 6.07) is 13.3. The lowest BCUT2D eigenvalue weighted by molar-refractivity contribution is -0.131. The van der Waals surface area contributed by atoms with Gasteiger partial charge in [0.15, 0.2) is 5.82 Å². The number of carbonyl (C=O) groups excluding carboxylic acids is 3. The van der Waals surface area contributed by atoms with Gasteiger partial charge in [-0.2, -0.15) is 0 Å². The monoisotopic (exact) mass is 591 g/mol. The van der Waals surface area contributed by atoms with Crippen molar-refractivity contribution in [3.63, 3.8) is 0 Å². The van der Waals surface area contributed by atoms with Gasteiger partial charge in [-0.3, -0.25) is 9.59 Å². The van der Waals surface area contributed by atoms with Gasteiger partial charge in [-0.25, -0.2) is 9.37 Å². The number of nitrogens with one attached hydrogen (secondary N) is 3. The van der Waals surface area contributed by atoms with E-state index >= 15 is 0 Å². The number of hydrogen-bond donors (Lipinski definition) is 3. The summed E-state index contributed by atoms with van der Waals surface area (Å²) in [6.07, 6.45) is 6.29. The zero-order valence-electron chi connectivity index (χ0n) is 25.7. The van der Waals surface area contributed by atoms with Gasteiger partial charge in [0.05, 0.1) is 19.5 Å². The molecule has 0 aliphatic heterocycles. The van der Waals surface area contributed by atoms with E-state index in [0.717, 1.165) is 17.7 Å². The molecular weight excluding hydrogens is 549 g/mol. The number of aromatic nitrogens is 2. The van der Waals surface area contributed by atoms with Crippen molar-refractivity contribution in [2.45, 2.75) is 72.2 Å². The van der Waals surface area contributed by atoms with Gasteiger partial charge in [-0.1, -0.05) is 69.3 Å². The molecule has 2 aromatic carbocycles. The molecule has 10 heteroatoms. The van der Waals surface area contributed by atoms with Crippen LogP contribution >= 0.6 is 0 Å². The summed E-state index contributed by atoms with van der Waals surface area (Å²) >= 11 is 0. The molecule has 1 heterocycles. The molecule has 43 heavy (non-hydrogen) atoms. The third-order valence-electron chi connectivity index (χ3n) is 6.64. The third-order valence-corrected chi connectivity index (χ3v) is 6.64. The molecule has 3 N–H and O–H groups in total. The van der Waals surface area contributed by atoms with E-state index in [1.54, 1.807) is 13.8 Å². The van der Waals surface area contributed by atoms with Crippen LogP contribution in [0, 0.1) is 11.2 Å². The van der Waals surface area contributed by atoms with Crippen LogP contribution in [0.5, 0.6) is 0 Å². The second kappa shape index (κ2) is 14.7. The largest absolute Gasteiger partial charge is 0.375 e. The first kappa shape index (κ1) is 33.2. The average molecular weight is 592 g/mol. The minimum Gasteiger partial charge on any atom is -0.375 e. The van der Waals surface area contributed by atoms with E-state index in [9.17, 15) is 18.8 Å². The zero-order chi connectivity index (χ0) is 31.6. The first-order chi connectivity index (χ1) is 20.3. The third kappa shape index (κ3) is 10.2. The second-order valence-electron chi connectivity index (χ2n) is 12.2. The maximum atomic E-state index is 13.5. The standard InChI is InChI=1S/C33H42FN5O4/c1-7-26(17-32(2,3)4)38-33(5,6)31(42)36-27(21-43-20-23-11-9-8-10-12-23)30(41)37-29-18-39(22-35-29)28(19-40)24-13-15-25(34)16-14-24/h7-16,18-19,22,27-28,38H,17,20-21H2,1-6H3,(H,36,42)(H,37,41)/b26-7+. The summed E-state index contributed by atoms with van der Waals surface area (Å²) in [5.74, 6) is -1.15. The molecular formula is C33H42FN5O4. The van der Waals surface area contributed by atoms with Crippen LogP contribution < -0.4 is 16.0 Å². The number of halogens is 1. The lowest BCUT2D eigenvalue weighted by Crippen LogP contribution is -2.58. The van der Waals surface area contributed by atoms with Gasteiger partial charge >= 0.3 is 0 Å². The molecule has 2 unspecified atom stereocenters. The SMILES string of the molecule is C/C=C(\CC(C)(C)C)NC(C)(C)C(=O)NC(COCc1ccccc1)C(=O)Nc1cn(C(C=O)c2ccc(F)cc2)cn1. The maximum Gasteiger partial charge on any atom is 0.250 e. The molecule has 0 spiro atoms. The Morgan fingerprint density at radius 1 is 1.05 bits per heavy atom. The highest BCUT2D eigenvalue weighted by Crippen LogP contribution is 2.24. The Labute approximate surface area is 252 Å². The molecule has 9 nitrogen and oxygen atoms in total. The van der Waals surface area contributed by atoms with Gasteiger partial charge in [0.1, 0.15) is 29.7 Å². The van der Waals surface area contributed by atoms with E-state index in [0.29, 0.717) is 11.8 Å². The van der Waals surface area contributed by atoms with Crippen LogP contribution in [0.4, 0.5) is 10.2 Å². The molecule has 3 rings (SSSR count). The van der Waals surface area contributed by atoms with Crippen LogP contribution in [0.1, 0.15) is 65.1 Å². The Morgan fingerprint density at radius 3 is 2.33 bits per heavy atom. The minimum absolute atomic E-state index is 0.0120. The summed E-state index contributed by atoms with van der Waals surface area (Å²) in [4.78, 5) is 43.0. The lowest BCUT2D eigenvalue weighted by Gasteiger charge is -2.32. The molecule has 0 saturated carbocycles. The fraction of sp³-hybridized carbons (Fsp3) is 0.394. The molecule has 0 aliphatic carbocycles. The summed E-state index contributed by atoms with van der Waals surface area (Å²) < 4.78 is 20.7. The smallest absolute Gasteiger partial charge is 0.250 e. The number of benzene rings is 2. The van der Waals surface area contributed by atoms with Gasteiger partial charge in [-0.05, 0) is 55.9 Å². The summed E-state index contributed by atoms with van der Waals surface area (Å²) in [7, 11) is 0. The molecule has 0 saturated heterocycles. The van der Waals surface area contributed by atoms with Crippen molar-refractivity contribution in [2.75, 3.05) is 11.9 Å². The van der Waals surface area contributed by atoms with Gasteiger partial charge in [0, 0.05) is 11.9 Å². The van der Waals surface area contributed by atoms with Crippen molar-refractivity contribution in [2.24, 2.45) is 5.41 Å². The predicted octanol–water partition coefficient (Wildman–Crippen LogP) is 5.16. The highest BCUT2D eigenvalue weighted by Gasteiger charge is 2.33. The highest BCUT2D eigenvalue weighted by molar-refractivity contribution is 5.98. The van der Waals surface area contributed by atoms with E-state index in [-0.39, 0.29) is 30.4 Å². The quantitative estimate of drug-likeness (QED) is 0.223. The number of aldehydes is 1. The number of anilines is 1. The van der Waals surface area contributed by atoms with Crippen molar-refractivity contribution in [1.29, 1.82) is 0 Å². The number of allylic oxidation sites excluding steroid dienone is 2. The molecule has 0 fully saturated rings. The van der Waals surface area contributed by atoms with Crippen LogP contribution in [0.2, 0.25) is 0 Å². The molecule has 1 aromatic heterocycles. The predicted molar refractivity (Wildman–Crippen MR) is 165 cm³/mol. The van der Waals surface area contributed by atoms with Crippen LogP contribution in [-0.4, -0.2) is 45.8 Å². The van der Waals surface area contributed by atoms with E-state index in [2.05, 4.69) is 41.7 Å². The molecule has 0 bridgehead atoms. The Bertz CT molecular complexity index is 1390. The van der Waals surface area contributed by atoms with Crippen molar-refractivity contribution < 1.29 is 23.5 Å². The van der Waals surface area contributed by atoms with Gasteiger partial charge in [0.25, 0.3) is 5.91 Å². The van der Waals surface area contributed by atoms with Gasteiger partial charge < -0.3 is 30.0 Å². The second-order valence-corrected chi connectivity index (χ2v) is 12.2. The van der Waals surface area contributed by atoms with E-state index in [1.807, 2.05) is 43.3 Å². The van der Waals surface area contributed by atoms with Crippen molar-refractivity contribution in [1.82, 2.24) is 20.2 Å². The number of carbonyl (C=O) groups is 3. The average Bonchev–Trinajstić information content (AvgIpc) is 3.40. The molecule has 0 radical (unpaired) electrons. The number of imidazole rings is 1. The summed E-state index contributed by atoms with van der Waals surface area (Å²) in [5, 5.41) is 8.87. The molecule has 0 aliphatic rings. The minimum atomic E-state index is -1.04. The van der Waals surface area contributed by atoms with E-state index in [4.69, 9.17) is 4.74 Å². The molecule has 3 aromatic rings.